The minimum atomic E-state index is -5.10. The predicted molar refractivity (Wildman–Crippen MR) is 215 cm³/mol. The first-order chi connectivity index (χ1) is 26.3. The average Bonchev–Trinajstić information content (AvgIpc) is 3.15. The first-order valence-electron chi connectivity index (χ1n) is 21.7. The molecular formula is C41H80NO12P. The second-order valence-electron chi connectivity index (χ2n) is 15.7. The fourth-order valence-corrected chi connectivity index (χ4v) is 7.97. The van der Waals surface area contributed by atoms with Crippen molar-refractivity contribution < 1.29 is 59.0 Å². The summed E-state index contributed by atoms with van der Waals surface area (Å²) >= 11 is 0. The quantitative estimate of drug-likeness (QED) is 0.0197. The number of carbonyl (C=O) groups is 1. The summed E-state index contributed by atoms with van der Waals surface area (Å²) in [6.45, 7) is 3.70. The summed E-state index contributed by atoms with van der Waals surface area (Å²) in [6.07, 6.45) is 17.4. The smallest absolute Gasteiger partial charge is 0.393 e. The monoisotopic (exact) mass is 810 g/mol. The molecule has 0 aromatic carbocycles. The lowest BCUT2D eigenvalue weighted by Gasteiger charge is -2.41. The molecular weight excluding hydrogens is 729 g/mol. The maximum absolute atomic E-state index is 12.9. The van der Waals surface area contributed by atoms with Gasteiger partial charge >= 0.3 is 7.82 Å². The molecule has 9 N–H and O–H groups in total. The molecule has 0 aromatic rings. The first kappa shape index (κ1) is 52.1. The number of hydrogen-bond acceptors (Lipinski definition) is 11. The van der Waals surface area contributed by atoms with E-state index in [1.807, 2.05) is 0 Å². The number of aliphatic hydroxyl groups is 7. The van der Waals surface area contributed by atoms with E-state index in [-0.39, 0.29) is 12.8 Å². The first-order valence-corrected chi connectivity index (χ1v) is 23.2. The number of nitrogens with one attached hydrogen (secondary N) is 1. The molecule has 0 aromatic heterocycles. The zero-order valence-electron chi connectivity index (χ0n) is 34.1. The maximum Gasteiger partial charge on any atom is 0.472 e. The van der Waals surface area contributed by atoms with E-state index in [1.54, 1.807) is 0 Å². The molecule has 1 rings (SSSR count). The molecule has 0 radical (unpaired) electrons. The Bertz CT molecular complexity index is 1010. The number of carbonyl (C=O) groups excluding carboxylic acids is 1. The molecule has 8 unspecified atom stereocenters. The van der Waals surface area contributed by atoms with E-state index in [0.717, 1.165) is 83.5 Å². The van der Waals surface area contributed by atoms with Crippen LogP contribution in [0.4, 0.5) is 0 Å². The molecule has 1 aliphatic carbocycles. The van der Waals surface area contributed by atoms with Gasteiger partial charge in [0.15, 0.2) is 0 Å². The van der Waals surface area contributed by atoms with Crippen LogP contribution in [0.5, 0.6) is 0 Å². The minimum absolute atomic E-state index is 0.226. The fourth-order valence-electron chi connectivity index (χ4n) is 7.00. The highest BCUT2D eigenvalue weighted by molar-refractivity contribution is 7.47. The van der Waals surface area contributed by atoms with Crippen LogP contribution in [-0.2, 0) is 18.4 Å². The Labute approximate surface area is 331 Å². The summed E-state index contributed by atoms with van der Waals surface area (Å²) in [7, 11) is -5.10. The predicted octanol–water partition coefficient (Wildman–Crippen LogP) is 6.25. The number of unbranched alkanes of at least 4 members (excludes halogenated alkanes) is 20. The lowest BCUT2D eigenvalue weighted by atomic mass is 9.85. The molecule has 8 atom stereocenters. The van der Waals surface area contributed by atoms with Gasteiger partial charge in [-0.3, -0.25) is 13.8 Å². The average molecular weight is 810 g/mol. The zero-order valence-corrected chi connectivity index (χ0v) is 35.0. The molecule has 14 heteroatoms. The molecule has 1 aliphatic rings. The van der Waals surface area contributed by atoms with Crippen molar-refractivity contribution in [3.05, 3.63) is 12.2 Å². The van der Waals surface area contributed by atoms with Gasteiger partial charge in [0.25, 0.3) is 0 Å². The number of allylic oxidation sites excluding steroid dienone is 2. The van der Waals surface area contributed by atoms with Crippen LogP contribution in [-0.4, -0.2) is 108 Å². The van der Waals surface area contributed by atoms with Crippen molar-refractivity contribution in [2.24, 2.45) is 0 Å². The molecule has 0 saturated heterocycles. The highest BCUT2D eigenvalue weighted by atomic mass is 31.2. The van der Waals surface area contributed by atoms with Gasteiger partial charge in [0.05, 0.1) is 31.3 Å². The molecule has 326 valence electrons. The molecule has 1 fully saturated rings. The van der Waals surface area contributed by atoms with Crippen molar-refractivity contribution in [3.63, 3.8) is 0 Å². The molecule has 0 spiro atoms. The third-order valence-electron chi connectivity index (χ3n) is 10.6. The van der Waals surface area contributed by atoms with Gasteiger partial charge in [-0.25, -0.2) is 4.57 Å². The normalized spacial score (nSPS) is 24.5. The second kappa shape index (κ2) is 32.0. The molecule has 0 bridgehead atoms. The standard InChI is InChI=1S/C41H80NO12P/c1-3-5-7-9-11-12-13-14-15-16-17-18-19-20-21-23-24-26-28-32(43)30-35(45)42-33(34(44)29-27-25-22-10-8-6-4-2)31-53-55(51,52)54-41-39(49)37(47)36(46)38(48)40(41)50/h17-18,32-34,36-41,43-44,46-50H,3-16,19-31H2,1-2H3,(H,42,45)(H,51,52)/b18-17-. The maximum atomic E-state index is 12.9. The summed E-state index contributed by atoms with van der Waals surface area (Å²) in [5.41, 5.74) is 0. The molecule has 55 heavy (non-hydrogen) atoms. The number of phosphoric acid groups is 1. The van der Waals surface area contributed by atoms with E-state index < -0.39 is 75.2 Å². The van der Waals surface area contributed by atoms with E-state index in [9.17, 15) is 50.0 Å². The van der Waals surface area contributed by atoms with E-state index in [1.165, 1.54) is 57.8 Å². The Morgan fingerprint density at radius 3 is 1.49 bits per heavy atom. The van der Waals surface area contributed by atoms with Gasteiger partial charge < -0.3 is 46.0 Å². The summed E-state index contributed by atoms with van der Waals surface area (Å²) in [5.74, 6) is -0.569. The van der Waals surface area contributed by atoms with Gasteiger partial charge in [0, 0.05) is 0 Å². The number of phosphoric ester groups is 1. The van der Waals surface area contributed by atoms with Crippen molar-refractivity contribution in [1.29, 1.82) is 0 Å². The Kier molecular flexibility index (Phi) is 30.3. The lowest BCUT2D eigenvalue weighted by Crippen LogP contribution is -2.64. The van der Waals surface area contributed by atoms with Crippen LogP contribution in [0.3, 0.4) is 0 Å². The lowest BCUT2D eigenvalue weighted by molar-refractivity contribution is -0.220. The van der Waals surface area contributed by atoms with Gasteiger partial charge in [0.2, 0.25) is 5.91 Å². The van der Waals surface area contributed by atoms with Crippen LogP contribution in [0.1, 0.15) is 181 Å². The highest BCUT2D eigenvalue weighted by Gasteiger charge is 2.51. The van der Waals surface area contributed by atoms with E-state index >= 15 is 0 Å². The number of amides is 1. The highest BCUT2D eigenvalue weighted by Crippen LogP contribution is 2.47. The molecule has 1 saturated carbocycles. The molecule has 1 amide bonds. The van der Waals surface area contributed by atoms with Gasteiger partial charge in [-0.05, 0) is 38.5 Å². The third kappa shape index (κ3) is 24.5. The van der Waals surface area contributed by atoms with Crippen LogP contribution in [0.25, 0.3) is 0 Å². The van der Waals surface area contributed by atoms with Crippen LogP contribution < -0.4 is 5.32 Å². The number of aliphatic hydroxyl groups excluding tert-OH is 7. The van der Waals surface area contributed by atoms with Crippen LogP contribution in [0, 0.1) is 0 Å². The Morgan fingerprint density at radius 1 is 0.618 bits per heavy atom. The summed E-state index contributed by atoms with van der Waals surface area (Å²) in [5, 5.41) is 74.1. The van der Waals surface area contributed by atoms with Gasteiger partial charge in [-0.15, -0.1) is 0 Å². The topological polar surface area (TPSA) is 226 Å². The van der Waals surface area contributed by atoms with Crippen molar-refractivity contribution in [3.8, 4) is 0 Å². The van der Waals surface area contributed by atoms with Gasteiger partial charge in [-0.1, -0.05) is 148 Å². The largest absolute Gasteiger partial charge is 0.472 e. The second-order valence-corrected chi connectivity index (χ2v) is 17.1. The van der Waals surface area contributed by atoms with Gasteiger partial charge in [0.1, 0.15) is 36.6 Å². The van der Waals surface area contributed by atoms with Crippen molar-refractivity contribution in [2.45, 2.75) is 236 Å². The van der Waals surface area contributed by atoms with E-state index in [4.69, 9.17) is 9.05 Å². The van der Waals surface area contributed by atoms with E-state index in [2.05, 4.69) is 31.3 Å². The Morgan fingerprint density at radius 2 is 1.02 bits per heavy atom. The summed E-state index contributed by atoms with van der Waals surface area (Å²) in [4.78, 5) is 23.3. The molecule has 13 nitrogen and oxygen atoms in total. The number of hydrogen-bond donors (Lipinski definition) is 9. The van der Waals surface area contributed by atoms with Gasteiger partial charge in [-0.2, -0.15) is 0 Å². The van der Waals surface area contributed by atoms with Crippen molar-refractivity contribution >= 4 is 13.7 Å². The fraction of sp³-hybridized carbons (Fsp3) is 0.927. The molecule has 0 heterocycles. The number of rotatable bonds is 35. The Balaban J connectivity index is 2.45. The van der Waals surface area contributed by atoms with Crippen LogP contribution in [0.15, 0.2) is 12.2 Å². The summed E-state index contributed by atoms with van der Waals surface area (Å²) < 4.78 is 22.8. The van der Waals surface area contributed by atoms with Crippen molar-refractivity contribution in [1.82, 2.24) is 5.32 Å². The Hall–Kier alpha value is -0.960. The van der Waals surface area contributed by atoms with Crippen LogP contribution in [0.2, 0.25) is 0 Å². The van der Waals surface area contributed by atoms with E-state index in [0.29, 0.717) is 12.8 Å². The minimum Gasteiger partial charge on any atom is -0.393 e. The summed E-state index contributed by atoms with van der Waals surface area (Å²) in [6, 6.07) is -1.15. The molecule has 0 aliphatic heterocycles. The van der Waals surface area contributed by atoms with Crippen molar-refractivity contribution in [2.75, 3.05) is 6.61 Å². The third-order valence-corrected chi connectivity index (χ3v) is 11.6. The van der Waals surface area contributed by atoms with Crippen LogP contribution >= 0.6 is 7.82 Å². The zero-order chi connectivity index (χ0) is 40.9. The SMILES string of the molecule is CCCCCCCCCCC/C=C\CCCCCCCC(O)CC(=O)NC(COP(=O)(O)OC1C(O)C(O)C(O)C(O)C1O)C(O)CCCCCCCCC.